The van der Waals surface area contributed by atoms with E-state index in [0.29, 0.717) is 53.3 Å². The molecule has 2 fully saturated rings. The Bertz CT molecular complexity index is 1840. The molecule has 3 aromatic rings. The molecule has 6 N–H and O–H groups in total. The SMILES string of the molecule is CCC1(C(=O)Nc2cc(-c3ccc(C4(C(C)(C)C)CNCCN4C(N)=O)nc3C)cc(C(=O)NCc3c(C)cc(C)[nH]c3=O)c2C)CC1. The number of piperazine rings is 1. The molecule has 0 radical (unpaired) electrons. The molecule has 5 rings (SSSR count). The van der Waals surface area contributed by atoms with Crippen LogP contribution < -0.4 is 27.2 Å². The summed E-state index contributed by atoms with van der Waals surface area (Å²) < 4.78 is 0. The molecule has 0 bridgehead atoms. The van der Waals surface area contributed by atoms with Crippen LogP contribution in [-0.4, -0.2) is 52.3 Å². The first-order valence-electron chi connectivity index (χ1n) is 16.7. The topological polar surface area (TPSA) is 162 Å². The van der Waals surface area contributed by atoms with Crippen molar-refractivity contribution in [2.24, 2.45) is 16.6 Å². The monoisotopic (exact) mass is 655 g/mol. The third kappa shape index (κ3) is 6.23. The van der Waals surface area contributed by atoms with E-state index in [-0.39, 0.29) is 29.3 Å². The largest absolute Gasteiger partial charge is 0.351 e. The molecule has 1 unspecified atom stereocenters. The Morgan fingerprint density at radius 1 is 1.06 bits per heavy atom. The highest BCUT2D eigenvalue weighted by molar-refractivity contribution is 6.03. The number of rotatable bonds is 8. The second kappa shape index (κ2) is 12.8. The van der Waals surface area contributed by atoms with Gasteiger partial charge in [-0.2, -0.15) is 0 Å². The zero-order valence-corrected chi connectivity index (χ0v) is 29.4. The summed E-state index contributed by atoms with van der Waals surface area (Å²) in [6, 6.07) is 8.97. The number of aromatic amines is 1. The number of carbonyl (C=O) groups is 3. The molecule has 256 valence electrons. The van der Waals surface area contributed by atoms with E-state index in [4.69, 9.17) is 10.7 Å². The summed E-state index contributed by atoms with van der Waals surface area (Å²) in [6.45, 7) is 17.3. The predicted molar refractivity (Wildman–Crippen MR) is 188 cm³/mol. The molecule has 48 heavy (non-hydrogen) atoms. The summed E-state index contributed by atoms with van der Waals surface area (Å²) in [5.74, 6) is -0.410. The van der Waals surface area contributed by atoms with Crippen LogP contribution in [0.5, 0.6) is 0 Å². The Hall–Kier alpha value is -4.51. The summed E-state index contributed by atoms with van der Waals surface area (Å²) >= 11 is 0. The smallest absolute Gasteiger partial charge is 0.315 e. The van der Waals surface area contributed by atoms with Crippen LogP contribution in [0.1, 0.15) is 91.1 Å². The number of nitrogens with one attached hydrogen (secondary N) is 4. The fourth-order valence-electron chi connectivity index (χ4n) is 7.17. The number of aromatic nitrogens is 2. The van der Waals surface area contributed by atoms with Crippen LogP contribution >= 0.6 is 0 Å². The first kappa shape index (κ1) is 34.8. The molecule has 1 aliphatic heterocycles. The molecule has 2 aromatic heterocycles. The van der Waals surface area contributed by atoms with E-state index in [1.165, 1.54) is 0 Å². The van der Waals surface area contributed by atoms with Gasteiger partial charge in [0, 0.05) is 65.4 Å². The van der Waals surface area contributed by atoms with E-state index in [9.17, 15) is 19.2 Å². The molecule has 4 amide bonds. The Labute approximate surface area is 282 Å². The van der Waals surface area contributed by atoms with E-state index < -0.39 is 17.0 Å². The molecule has 11 heteroatoms. The molecule has 2 aliphatic rings. The average Bonchev–Trinajstić information content (AvgIpc) is 3.82. The van der Waals surface area contributed by atoms with Crippen molar-refractivity contribution in [3.63, 3.8) is 0 Å². The zero-order chi connectivity index (χ0) is 35.2. The van der Waals surface area contributed by atoms with Crippen molar-refractivity contribution in [2.75, 3.05) is 25.0 Å². The molecular weight excluding hydrogens is 606 g/mol. The second-order valence-electron chi connectivity index (χ2n) is 14.5. The Morgan fingerprint density at radius 2 is 1.77 bits per heavy atom. The number of hydrogen-bond acceptors (Lipinski definition) is 6. The fourth-order valence-corrected chi connectivity index (χ4v) is 7.17. The van der Waals surface area contributed by atoms with Crippen LogP contribution in [0.2, 0.25) is 0 Å². The van der Waals surface area contributed by atoms with Crippen LogP contribution in [-0.2, 0) is 16.9 Å². The van der Waals surface area contributed by atoms with Gasteiger partial charge in [0.1, 0.15) is 5.54 Å². The number of nitrogens with zero attached hydrogens (tertiary/aromatic N) is 2. The number of primary amides is 1. The van der Waals surface area contributed by atoms with Crippen LogP contribution in [0.15, 0.2) is 35.1 Å². The first-order chi connectivity index (χ1) is 22.5. The minimum absolute atomic E-state index is 0.0490. The number of benzene rings is 1. The highest BCUT2D eigenvalue weighted by Crippen LogP contribution is 2.50. The molecule has 1 atom stereocenters. The van der Waals surface area contributed by atoms with Crippen LogP contribution in [0.25, 0.3) is 11.1 Å². The Kier molecular flexibility index (Phi) is 9.31. The Balaban J connectivity index is 1.57. The van der Waals surface area contributed by atoms with Crippen molar-refractivity contribution in [1.82, 2.24) is 25.5 Å². The van der Waals surface area contributed by atoms with Gasteiger partial charge in [-0.3, -0.25) is 19.4 Å². The van der Waals surface area contributed by atoms with E-state index >= 15 is 0 Å². The van der Waals surface area contributed by atoms with Gasteiger partial charge < -0.3 is 31.6 Å². The average molecular weight is 656 g/mol. The molecule has 0 spiro atoms. The van der Waals surface area contributed by atoms with Gasteiger partial charge in [0.05, 0.1) is 5.69 Å². The second-order valence-corrected chi connectivity index (χ2v) is 14.5. The van der Waals surface area contributed by atoms with Crippen LogP contribution in [0.3, 0.4) is 0 Å². The van der Waals surface area contributed by atoms with Crippen molar-refractivity contribution in [3.8, 4) is 11.1 Å². The van der Waals surface area contributed by atoms with Gasteiger partial charge in [-0.05, 0) is 93.3 Å². The van der Waals surface area contributed by atoms with Crippen molar-refractivity contribution in [1.29, 1.82) is 0 Å². The van der Waals surface area contributed by atoms with Gasteiger partial charge >= 0.3 is 6.03 Å². The third-order valence-corrected chi connectivity index (χ3v) is 10.5. The molecule has 1 saturated carbocycles. The van der Waals surface area contributed by atoms with Gasteiger partial charge in [-0.1, -0.05) is 33.8 Å². The molecule has 1 aliphatic carbocycles. The summed E-state index contributed by atoms with van der Waals surface area (Å²) in [7, 11) is 0. The highest BCUT2D eigenvalue weighted by Gasteiger charge is 2.52. The number of carbonyl (C=O) groups excluding carboxylic acids is 3. The normalized spacial score (nSPS) is 18.7. The number of pyridine rings is 2. The maximum atomic E-state index is 13.8. The van der Waals surface area contributed by atoms with E-state index in [0.717, 1.165) is 41.8 Å². The molecule has 1 saturated heterocycles. The number of amides is 4. The molecular formula is C37H49N7O4. The maximum absolute atomic E-state index is 13.8. The lowest BCUT2D eigenvalue weighted by atomic mass is 9.69. The lowest BCUT2D eigenvalue weighted by Crippen LogP contribution is -2.67. The number of urea groups is 1. The molecule has 11 nitrogen and oxygen atoms in total. The van der Waals surface area contributed by atoms with E-state index in [1.807, 2.05) is 58.9 Å². The predicted octanol–water partition coefficient (Wildman–Crippen LogP) is 4.95. The number of anilines is 1. The van der Waals surface area contributed by atoms with Gasteiger partial charge in [-0.15, -0.1) is 0 Å². The quantitative estimate of drug-likeness (QED) is 0.231. The van der Waals surface area contributed by atoms with Crippen LogP contribution in [0.4, 0.5) is 10.5 Å². The summed E-state index contributed by atoms with van der Waals surface area (Å²) in [6.07, 6.45) is 2.42. The minimum Gasteiger partial charge on any atom is -0.351 e. The zero-order valence-electron chi connectivity index (χ0n) is 29.4. The maximum Gasteiger partial charge on any atom is 0.315 e. The Morgan fingerprint density at radius 3 is 2.35 bits per heavy atom. The van der Waals surface area contributed by atoms with Gasteiger partial charge in [0.25, 0.3) is 11.5 Å². The molecule has 3 heterocycles. The van der Waals surface area contributed by atoms with E-state index in [1.54, 1.807) is 11.0 Å². The molecule has 1 aromatic carbocycles. The van der Waals surface area contributed by atoms with Crippen molar-refractivity contribution in [3.05, 3.63) is 80.0 Å². The van der Waals surface area contributed by atoms with Gasteiger partial charge in [0.2, 0.25) is 5.91 Å². The van der Waals surface area contributed by atoms with E-state index in [2.05, 4.69) is 41.7 Å². The highest BCUT2D eigenvalue weighted by atomic mass is 16.2. The summed E-state index contributed by atoms with van der Waals surface area (Å²) in [5, 5.41) is 9.51. The lowest BCUT2D eigenvalue weighted by molar-refractivity contribution is -0.121. The number of hydrogen-bond donors (Lipinski definition) is 5. The first-order valence-corrected chi connectivity index (χ1v) is 16.7. The third-order valence-electron chi connectivity index (χ3n) is 10.5. The number of H-pyrrole nitrogens is 1. The van der Waals surface area contributed by atoms with Crippen molar-refractivity contribution >= 4 is 23.5 Å². The number of nitrogens with two attached hydrogens (primary N) is 1. The van der Waals surface area contributed by atoms with Crippen molar-refractivity contribution < 1.29 is 14.4 Å². The van der Waals surface area contributed by atoms with Crippen molar-refractivity contribution in [2.45, 2.75) is 86.7 Å². The number of aryl methyl sites for hydroxylation is 3. The summed E-state index contributed by atoms with van der Waals surface area (Å²) in [4.78, 5) is 62.2. The minimum atomic E-state index is -0.789. The fraction of sp³-hybridized carbons (Fsp3) is 0.486. The van der Waals surface area contributed by atoms with Gasteiger partial charge in [0.15, 0.2) is 0 Å². The lowest BCUT2D eigenvalue weighted by Gasteiger charge is -2.53. The van der Waals surface area contributed by atoms with Crippen LogP contribution in [0, 0.1) is 38.5 Å². The van der Waals surface area contributed by atoms with Gasteiger partial charge in [-0.25, -0.2) is 4.79 Å². The standard InChI is InChI=1S/C37H49N7O4/c1-9-36(12-13-36)33(47)43-29-18-25(17-27(23(29)4)31(45)40-19-28-21(2)16-22(3)41-32(28)46)26-10-11-30(42-24(26)5)37(35(6,7)8)20-39-14-15-44(37)34(38)48/h10-11,16-18,39H,9,12-15,19-20H2,1-8H3,(H2,38,48)(H,40,45)(H,41,46)(H,43,47). The summed E-state index contributed by atoms with van der Waals surface area (Å²) in [5.41, 5.74) is 10.6.